The zero-order chi connectivity index (χ0) is 18.9. The van der Waals surface area contributed by atoms with Crippen molar-refractivity contribution in [3.05, 3.63) is 75.4 Å². The van der Waals surface area contributed by atoms with Gasteiger partial charge in [0.25, 0.3) is 0 Å². The third-order valence-corrected chi connectivity index (χ3v) is 5.37. The van der Waals surface area contributed by atoms with Gasteiger partial charge in [0, 0.05) is 22.9 Å². The molecular formula is C20H19N3O2S2. The van der Waals surface area contributed by atoms with Gasteiger partial charge in [-0.25, -0.2) is 4.98 Å². The highest BCUT2D eigenvalue weighted by molar-refractivity contribution is 7.14. The van der Waals surface area contributed by atoms with Crippen molar-refractivity contribution in [2.45, 2.75) is 12.8 Å². The number of carbonyl (C=O) groups is 2. The Morgan fingerprint density at radius 1 is 1.07 bits per heavy atom. The van der Waals surface area contributed by atoms with Gasteiger partial charge in [0.15, 0.2) is 5.13 Å². The molecule has 0 saturated heterocycles. The van der Waals surface area contributed by atoms with Crippen LogP contribution in [-0.2, 0) is 22.4 Å². The average molecular weight is 398 g/mol. The van der Waals surface area contributed by atoms with Crippen LogP contribution in [0.3, 0.4) is 0 Å². The molecule has 27 heavy (non-hydrogen) atoms. The Morgan fingerprint density at radius 2 is 1.93 bits per heavy atom. The SMILES string of the molecule is O=C(C=Cc1ccccc1)Nc1nc(CC(=O)NCCc2cccs2)cs1. The fourth-order valence-corrected chi connectivity index (χ4v) is 3.76. The van der Waals surface area contributed by atoms with Crippen LogP contribution in [0.1, 0.15) is 16.1 Å². The summed E-state index contributed by atoms with van der Waals surface area (Å²) in [5.41, 5.74) is 1.60. The number of nitrogens with one attached hydrogen (secondary N) is 2. The molecule has 2 amide bonds. The molecule has 0 atom stereocenters. The van der Waals surface area contributed by atoms with E-state index >= 15 is 0 Å². The monoisotopic (exact) mass is 397 g/mol. The number of thiophene rings is 1. The molecule has 0 aliphatic carbocycles. The molecule has 0 spiro atoms. The number of nitrogens with zero attached hydrogens (tertiary/aromatic N) is 1. The van der Waals surface area contributed by atoms with Crippen molar-refractivity contribution in [3.8, 4) is 0 Å². The van der Waals surface area contributed by atoms with Crippen molar-refractivity contribution in [2.24, 2.45) is 0 Å². The van der Waals surface area contributed by atoms with Gasteiger partial charge in [-0.15, -0.1) is 22.7 Å². The number of rotatable bonds is 8. The summed E-state index contributed by atoms with van der Waals surface area (Å²) in [5.74, 6) is -0.321. The van der Waals surface area contributed by atoms with Crippen molar-refractivity contribution in [1.29, 1.82) is 0 Å². The van der Waals surface area contributed by atoms with E-state index in [1.807, 2.05) is 41.8 Å². The number of aromatic nitrogens is 1. The molecular weight excluding hydrogens is 378 g/mol. The van der Waals surface area contributed by atoms with Gasteiger partial charge < -0.3 is 5.32 Å². The molecule has 138 valence electrons. The molecule has 2 heterocycles. The van der Waals surface area contributed by atoms with Crippen LogP contribution in [-0.4, -0.2) is 23.3 Å². The Bertz CT molecular complexity index is 902. The molecule has 0 saturated carbocycles. The minimum atomic E-state index is -0.250. The van der Waals surface area contributed by atoms with Crippen molar-refractivity contribution in [1.82, 2.24) is 10.3 Å². The average Bonchev–Trinajstić information content (AvgIpc) is 3.33. The van der Waals surface area contributed by atoms with E-state index in [9.17, 15) is 9.59 Å². The Morgan fingerprint density at radius 3 is 2.70 bits per heavy atom. The lowest BCUT2D eigenvalue weighted by Gasteiger charge is -2.02. The highest BCUT2D eigenvalue weighted by atomic mass is 32.1. The largest absolute Gasteiger partial charge is 0.355 e. The topological polar surface area (TPSA) is 71.1 Å². The van der Waals surface area contributed by atoms with E-state index in [4.69, 9.17) is 0 Å². The molecule has 0 radical (unpaired) electrons. The molecule has 1 aromatic carbocycles. The second kappa shape index (κ2) is 9.80. The van der Waals surface area contributed by atoms with Gasteiger partial charge in [-0.2, -0.15) is 0 Å². The molecule has 0 bridgehead atoms. The van der Waals surface area contributed by atoms with Crippen molar-refractivity contribution >= 4 is 45.7 Å². The number of carbonyl (C=O) groups excluding carboxylic acids is 2. The lowest BCUT2D eigenvalue weighted by molar-refractivity contribution is -0.120. The van der Waals surface area contributed by atoms with E-state index in [1.165, 1.54) is 22.3 Å². The predicted octanol–water partition coefficient (Wildman–Crippen LogP) is 3.76. The summed E-state index contributed by atoms with van der Waals surface area (Å²) in [6, 6.07) is 13.6. The maximum atomic E-state index is 12.0. The third kappa shape index (κ3) is 6.47. The Hall–Kier alpha value is -2.77. The first-order valence-corrected chi connectivity index (χ1v) is 10.2. The summed E-state index contributed by atoms with van der Waals surface area (Å²) >= 11 is 2.99. The van der Waals surface area contributed by atoms with Gasteiger partial charge in [-0.1, -0.05) is 36.4 Å². The maximum absolute atomic E-state index is 12.0. The summed E-state index contributed by atoms with van der Waals surface area (Å²) in [7, 11) is 0. The highest BCUT2D eigenvalue weighted by Crippen LogP contribution is 2.16. The van der Waals surface area contributed by atoms with E-state index in [-0.39, 0.29) is 18.2 Å². The van der Waals surface area contributed by atoms with Crippen molar-refractivity contribution < 1.29 is 9.59 Å². The fraction of sp³-hybridized carbons (Fsp3) is 0.150. The van der Waals surface area contributed by atoms with Crippen molar-refractivity contribution in [3.63, 3.8) is 0 Å². The standard InChI is InChI=1S/C20H19N3O2S2/c24-18(9-8-15-5-2-1-3-6-15)23-20-22-16(14-27-20)13-19(25)21-11-10-17-7-4-12-26-17/h1-9,12,14H,10-11,13H2,(H,21,25)(H,22,23,24). The molecule has 0 unspecified atom stereocenters. The molecule has 5 nitrogen and oxygen atoms in total. The van der Waals surface area contributed by atoms with Crippen LogP contribution >= 0.6 is 22.7 Å². The van der Waals surface area contributed by atoms with Crippen molar-refractivity contribution in [2.75, 3.05) is 11.9 Å². The first-order chi connectivity index (χ1) is 13.2. The number of anilines is 1. The van der Waals surface area contributed by atoms with Gasteiger partial charge in [0.1, 0.15) is 0 Å². The number of benzene rings is 1. The lowest BCUT2D eigenvalue weighted by Crippen LogP contribution is -2.27. The summed E-state index contributed by atoms with van der Waals surface area (Å²) in [5, 5.41) is 9.91. The first-order valence-electron chi connectivity index (χ1n) is 8.46. The van der Waals surface area contributed by atoms with Crippen LogP contribution in [0.15, 0.2) is 59.3 Å². The number of hydrogen-bond donors (Lipinski definition) is 2. The van der Waals surface area contributed by atoms with E-state index in [2.05, 4.69) is 21.7 Å². The van der Waals surface area contributed by atoms with E-state index in [1.54, 1.807) is 22.8 Å². The van der Waals surface area contributed by atoms with Gasteiger partial charge in [0.05, 0.1) is 12.1 Å². The summed E-state index contributed by atoms with van der Waals surface area (Å²) < 4.78 is 0. The molecule has 7 heteroatoms. The summed E-state index contributed by atoms with van der Waals surface area (Å²) in [4.78, 5) is 29.5. The van der Waals surface area contributed by atoms with Gasteiger partial charge in [-0.3, -0.25) is 14.9 Å². The van der Waals surface area contributed by atoms with E-state index in [0.717, 1.165) is 12.0 Å². The maximum Gasteiger partial charge on any atom is 0.250 e. The molecule has 3 aromatic rings. The Labute approximate surface area is 165 Å². The fourth-order valence-electron chi connectivity index (χ4n) is 2.34. The van der Waals surface area contributed by atoms with E-state index in [0.29, 0.717) is 17.4 Å². The second-order valence-corrected chi connectivity index (χ2v) is 7.62. The predicted molar refractivity (Wildman–Crippen MR) is 111 cm³/mol. The van der Waals surface area contributed by atoms with Crippen LogP contribution in [0.25, 0.3) is 6.08 Å². The third-order valence-electron chi connectivity index (χ3n) is 3.62. The smallest absolute Gasteiger partial charge is 0.250 e. The van der Waals surface area contributed by atoms with Gasteiger partial charge in [0.2, 0.25) is 11.8 Å². The quantitative estimate of drug-likeness (QED) is 0.569. The van der Waals surface area contributed by atoms with Crippen LogP contribution in [0.4, 0.5) is 5.13 Å². The highest BCUT2D eigenvalue weighted by Gasteiger charge is 2.09. The Kier molecular flexibility index (Phi) is 6.90. The molecule has 3 rings (SSSR count). The molecule has 0 fully saturated rings. The van der Waals surface area contributed by atoms with Crippen LogP contribution in [0, 0.1) is 0 Å². The number of thiazole rings is 1. The minimum Gasteiger partial charge on any atom is -0.355 e. The van der Waals surface area contributed by atoms with Gasteiger partial charge >= 0.3 is 0 Å². The zero-order valence-electron chi connectivity index (χ0n) is 14.6. The van der Waals surface area contributed by atoms with Crippen LogP contribution in [0.5, 0.6) is 0 Å². The minimum absolute atomic E-state index is 0.0706. The normalized spacial score (nSPS) is 10.8. The van der Waals surface area contributed by atoms with Gasteiger partial charge in [-0.05, 0) is 29.5 Å². The van der Waals surface area contributed by atoms with Crippen LogP contribution < -0.4 is 10.6 Å². The summed E-state index contributed by atoms with van der Waals surface area (Å²) in [6.07, 6.45) is 4.24. The molecule has 2 aromatic heterocycles. The van der Waals surface area contributed by atoms with E-state index < -0.39 is 0 Å². The molecule has 0 aliphatic heterocycles. The lowest BCUT2D eigenvalue weighted by atomic mass is 10.2. The molecule has 0 aliphatic rings. The summed E-state index contributed by atoms with van der Waals surface area (Å²) in [6.45, 7) is 0.608. The number of amides is 2. The first kappa shape index (κ1) is 19.0. The number of hydrogen-bond acceptors (Lipinski definition) is 5. The zero-order valence-corrected chi connectivity index (χ0v) is 16.2. The molecule has 2 N–H and O–H groups in total. The van der Waals surface area contributed by atoms with Crippen LogP contribution in [0.2, 0.25) is 0 Å². The second-order valence-electron chi connectivity index (χ2n) is 5.73. The Balaban J connectivity index is 1.43.